The molecule has 138 valence electrons. The van der Waals surface area contributed by atoms with Crippen molar-refractivity contribution < 1.29 is 24.2 Å². The first-order chi connectivity index (χ1) is 12.5. The van der Waals surface area contributed by atoms with Crippen molar-refractivity contribution in [3.05, 3.63) is 48.1 Å². The van der Waals surface area contributed by atoms with Crippen LogP contribution < -0.4 is 0 Å². The largest absolute Gasteiger partial charge is 0.466 e. The number of rotatable bonds is 8. The number of aliphatic hydroxyl groups excluding tert-OH is 1. The van der Waals surface area contributed by atoms with Gasteiger partial charge in [0.2, 0.25) is 0 Å². The molecular formula is C21H24O5. The number of ether oxygens (including phenoxy) is 2. The number of allylic oxidation sites excluding steroid dienone is 5. The summed E-state index contributed by atoms with van der Waals surface area (Å²) in [6, 6.07) is 0. The van der Waals surface area contributed by atoms with Crippen LogP contribution >= 0.6 is 0 Å². The van der Waals surface area contributed by atoms with Crippen molar-refractivity contribution in [3.8, 4) is 23.7 Å². The van der Waals surface area contributed by atoms with Crippen LogP contribution in [0.2, 0.25) is 0 Å². The molecule has 0 fully saturated rings. The summed E-state index contributed by atoms with van der Waals surface area (Å²) in [7, 11) is 0. The minimum absolute atomic E-state index is 0.0520. The lowest BCUT2D eigenvalue weighted by molar-refractivity contribution is -0.144. The lowest BCUT2D eigenvalue weighted by Gasteiger charge is -2.13. The molecule has 26 heavy (non-hydrogen) atoms. The first kappa shape index (κ1) is 23.0. The zero-order chi connectivity index (χ0) is 19.6. The first-order valence-electron chi connectivity index (χ1n) is 8.04. The Morgan fingerprint density at radius 1 is 1.08 bits per heavy atom. The maximum atomic E-state index is 11.7. The molecule has 0 bridgehead atoms. The molecule has 0 aliphatic heterocycles. The molecule has 0 rings (SSSR count). The molecule has 0 unspecified atom stereocenters. The molecule has 0 radical (unpaired) electrons. The lowest BCUT2D eigenvalue weighted by Crippen LogP contribution is -2.17. The predicted octanol–water partition coefficient (Wildman–Crippen LogP) is 2.49. The van der Waals surface area contributed by atoms with E-state index >= 15 is 0 Å². The Bertz CT molecular complexity index is 683. The second-order valence-corrected chi connectivity index (χ2v) is 5.19. The van der Waals surface area contributed by atoms with Crippen LogP contribution in [0.15, 0.2) is 48.1 Å². The fraction of sp³-hybridized carbons (Fsp3) is 0.333. The van der Waals surface area contributed by atoms with Crippen LogP contribution in [0.1, 0.15) is 27.2 Å². The van der Waals surface area contributed by atoms with Crippen LogP contribution in [0.5, 0.6) is 0 Å². The van der Waals surface area contributed by atoms with Crippen LogP contribution in [-0.2, 0) is 19.1 Å². The highest BCUT2D eigenvalue weighted by atomic mass is 16.6. The van der Waals surface area contributed by atoms with Gasteiger partial charge in [-0.15, -0.1) is 0 Å². The summed E-state index contributed by atoms with van der Waals surface area (Å²) in [6.07, 6.45) is 11.0. The number of carbonyl (C=O) groups excluding carboxylic acids is 2. The van der Waals surface area contributed by atoms with Crippen molar-refractivity contribution in [2.45, 2.75) is 33.3 Å². The zero-order valence-corrected chi connectivity index (χ0v) is 15.3. The van der Waals surface area contributed by atoms with Crippen LogP contribution in [0.4, 0.5) is 0 Å². The van der Waals surface area contributed by atoms with E-state index in [1.807, 2.05) is 0 Å². The number of hydrogen-bond acceptors (Lipinski definition) is 5. The summed E-state index contributed by atoms with van der Waals surface area (Å²) < 4.78 is 10.2. The van der Waals surface area contributed by atoms with E-state index in [1.54, 1.807) is 38.2 Å². The average molecular weight is 356 g/mol. The molecule has 0 amide bonds. The Morgan fingerprint density at radius 2 is 1.77 bits per heavy atom. The SMILES string of the molecule is CC(=O)OCC[C@@H](/C=C/C=C/C#CC#C/C=C\CO)OC(=O)C=C(C)C. The van der Waals surface area contributed by atoms with Gasteiger partial charge in [0.25, 0.3) is 0 Å². The van der Waals surface area contributed by atoms with E-state index in [0.717, 1.165) is 5.57 Å². The van der Waals surface area contributed by atoms with Crippen molar-refractivity contribution in [1.29, 1.82) is 0 Å². The molecule has 0 aromatic carbocycles. The molecule has 0 aromatic heterocycles. The molecule has 1 N–H and O–H groups in total. The average Bonchev–Trinajstić information content (AvgIpc) is 2.55. The van der Waals surface area contributed by atoms with Crippen LogP contribution in [0.25, 0.3) is 0 Å². The van der Waals surface area contributed by atoms with Crippen molar-refractivity contribution in [3.63, 3.8) is 0 Å². The second-order valence-electron chi connectivity index (χ2n) is 5.19. The molecule has 5 nitrogen and oxygen atoms in total. The Labute approximate surface area is 155 Å². The third-order valence-electron chi connectivity index (χ3n) is 2.51. The number of carbonyl (C=O) groups is 2. The highest BCUT2D eigenvalue weighted by molar-refractivity contribution is 5.82. The van der Waals surface area contributed by atoms with E-state index in [2.05, 4.69) is 23.7 Å². The lowest BCUT2D eigenvalue weighted by atomic mass is 10.2. The molecular weight excluding hydrogens is 332 g/mol. The standard InChI is InChI=1S/C21H24O5/c1-18(2)17-21(24)26-20(14-16-25-19(3)23)13-11-9-7-5-4-6-8-10-12-15-22/h7,9-13,17,20,22H,14-16H2,1-3H3/b9-7+,12-10-,13-11+/t20-/m1/s1. The summed E-state index contributed by atoms with van der Waals surface area (Å²) in [5, 5.41) is 8.52. The van der Waals surface area contributed by atoms with Gasteiger partial charge in [0.05, 0.1) is 13.2 Å². The topological polar surface area (TPSA) is 72.8 Å². The molecule has 0 heterocycles. The summed E-state index contributed by atoms with van der Waals surface area (Å²) in [6.45, 7) is 5.03. The maximum absolute atomic E-state index is 11.7. The smallest absolute Gasteiger partial charge is 0.331 e. The quantitative estimate of drug-likeness (QED) is 0.313. The summed E-state index contributed by atoms with van der Waals surface area (Å²) in [5.74, 6) is 9.75. The number of aliphatic hydroxyl groups is 1. The van der Waals surface area contributed by atoms with Gasteiger partial charge in [0.15, 0.2) is 0 Å². The summed E-state index contributed by atoms with van der Waals surface area (Å²) in [4.78, 5) is 22.6. The molecule has 0 aliphatic carbocycles. The van der Waals surface area contributed by atoms with Crippen molar-refractivity contribution in [1.82, 2.24) is 0 Å². The van der Waals surface area contributed by atoms with Gasteiger partial charge in [-0.25, -0.2) is 4.79 Å². The van der Waals surface area contributed by atoms with Gasteiger partial charge in [-0.2, -0.15) is 0 Å². The third-order valence-corrected chi connectivity index (χ3v) is 2.51. The van der Waals surface area contributed by atoms with Crippen LogP contribution in [0.3, 0.4) is 0 Å². The van der Waals surface area contributed by atoms with Gasteiger partial charge in [-0.3, -0.25) is 4.79 Å². The van der Waals surface area contributed by atoms with Crippen molar-refractivity contribution in [2.75, 3.05) is 13.2 Å². The van der Waals surface area contributed by atoms with E-state index < -0.39 is 12.1 Å². The summed E-state index contributed by atoms with van der Waals surface area (Å²) >= 11 is 0. The van der Waals surface area contributed by atoms with Crippen molar-refractivity contribution in [2.24, 2.45) is 0 Å². The van der Waals surface area contributed by atoms with E-state index in [-0.39, 0.29) is 19.2 Å². The molecule has 0 saturated carbocycles. The van der Waals surface area contributed by atoms with E-state index in [4.69, 9.17) is 14.6 Å². The minimum atomic E-state index is -0.515. The van der Waals surface area contributed by atoms with E-state index in [0.29, 0.717) is 6.42 Å². The zero-order valence-electron chi connectivity index (χ0n) is 15.3. The monoisotopic (exact) mass is 356 g/mol. The van der Waals surface area contributed by atoms with Gasteiger partial charge in [-0.05, 0) is 43.9 Å². The van der Waals surface area contributed by atoms with Gasteiger partial charge < -0.3 is 14.6 Å². The molecule has 5 heteroatoms. The van der Waals surface area contributed by atoms with Gasteiger partial charge >= 0.3 is 11.9 Å². The Hall–Kier alpha value is -3.02. The van der Waals surface area contributed by atoms with Crippen LogP contribution in [0, 0.1) is 23.7 Å². The van der Waals surface area contributed by atoms with Gasteiger partial charge in [0, 0.05) is 19.4 Å². The van der Waals surface area contributed by atoms with E-state index in [9.17, 15) is 9.59 Å². The second kappa shape index (κ2) is 15.5. The molecule has 0 aliphatic rings. The summed E-state index contributed by atoms with van der Waals surface area (Å²) in [5.41, 5.74) is 0.836. The third kappa shape index (κ3) is 15.9. The Balaban J connectivity index is 4.66. The van der Waals surface area contributed by atoms with Gasteiger partial charge in [0.1, 0.15) is 6.10 Å². The Kier molecular flexibility index (Phi) is 13.7. The molecule has 0 aromatic rings. The fourth-order valence-corrected chi connectivity index (χ4v) is 1.49. The van der Waals surface area contributed by atoms with E-state index in [1.165, 1.54) is 25.2 Å². The predicted molar refractivity (Wildman–Crippen MR) is 101 cm³/mol. The van der Waals surface area contributed by atoms with Gasteiger partial charge in [-0.1, -0.05) is 35.6 Å². The first-order valence-corrected chi connectivity index (χ1v) is 8.04. The van der Waals surface area contributed by atoms with Crippen molar-refractivity contribution >= 4 is 11.9 Å². The molecule has 0 saturated heterocycles. The minimum Gasteiger partial charge on any atom is -0.466 e. The van der Waals surface area contributed by atoms with Crippen LogP contribution in [-0.4, -0.2) is 36.4 Å². The normalized spacial score (nSPS) is 11.4. The molecule has 0 spiro atoms. The Morgan fingerprint density at radius 3 is 2.38 bits per heavy atom. The number of esters is 2. The maximum Gasteiger partial charge on any atom is 0.331 e. The fourth-order valence-electron chi connectivity index (χ4n) is 1.49. The highest BCUT2D eigenvalue weighted by Crippen LogP contribution is 2.04. The highest BCUT2D eigenvalue weighted by Gasteiger charge is 2.10. The number of hydrogen-bond donors (Lipinski definition) is 1. The molecule has 1 atom stereocenters.